The quantitative estimate of drug-likeness (QED) is 0.284. The van der Waals surface area contributed by atoms with Crippen molar-refractivity contribution in [1.29, 1.82) is 0 Å². The molecule has 0 radical (unpaired) electrons. The van der Waals surface area contributed by atoms with Crippen LogP contribution in [0.2, 0.25) is 0 Å². The molecule has 0 saturated carbocycles. The molecule has 0 saturated heterocycles. The Kier molecular flexibility index (Phi) is 7.07. The average Bonchev–Trinajstić information content (AvgIpc) is 2.49. The molecule has 1 atom stereocenters. The van der Waals surface area contributed by atoms with E-state index < -0.39 is 26.0 Å². The van der Waals surface area contributed by atoms with Gasteiger partial charge in [-0.1, -0.05) is 6.07 Å². The van der Waals surface area contributed by atoms with Crippen LogP contribution < -0.4 is 14.8 Å². The van der Waals surface area contributed by atoms with Gasteiger partial charge < -0.3 is 19.5 Å². The first kappa shape index (κ1) is 21.5. The molecule has 1 N–H and O–H groups in total. The third kappa shape index (κ3) is 5.74. The summed E-state index contributed by atoms with van der Waals surface area (Å²) in [5.41, 5.74) is -0.337. The number of nitrogens with zero attached hydrogens (tertiary/aromatic N) is 1. The molecule has 1 unspecified atom stereocenters. The third-order valence-corrected chi connectivity index (χ3v) is 4.49. The fourth-order valence-electron chi connectivity index (χ4n) is 1.93. The minimum absolute atomic E-state index is 0.370. The van der Waals surface area contributed by atoms with Crippen molar-refractivity contribution in [3.63, 3.8) is 0 Å². The van der Waals surface area contributed by atoms with Crippen LogP contribution in [-0.2, 0) is 4.74 Å². The second-order valence-corrected chi connectivity index (χ2v) is 9.52. The van der Waals surface area contributed by atoms with E-state index in [4.69, 9.17) is 14.2 Å². The molecule has 1 aromatic carbocycles. The number of rotatable bonds is 6. The number of methoxy groups -OCH3 is 2. The predicted molar refractivity (Wildman–Crippen MR) is 99.2 cm³/mol. The first-order valence-electron chi connectivity index (χ1n) is 7.16. The molecule has 25 heavy (non-hydrogen) atoms. The summed E-state index contributed by atoms with van der Waals surface area (Å²) in [6, 6.07) is 3.62. The standard InChI is InChI=1S/C15H20Br2N2O6/c1-14(2,3)25-13(20)18-12(15(16,17)19(21)22)9-6-7-10(23-4)11(8-9)24-5/h6-8,12H,1-5H3,(H,18,20). The van der Waals surface area contributed by atoms with E-state index in [9.17, 15) is 14.9 Å². The SMILES string of the molecule is COc1ccc(C(NC(=O)OC(C)(C)C)C(Br)(Br)[N+](=O)[O-])cc1OC. The van der Waals surface area contributed by atoms with Crippen molar-refractivity contribution in [2.45, 2.75) is 35.8 Å². The van der Waals surface area contributed by atoms with E-state index in [-0.39, 0.29) is 0 Å². The summed E-state index contributed by atoms with van der Waals surface area (Å²) >= 11 is 6.03. The van der Waals surface area contributed by atoms with Gasteiger partial charge in [0.15, 0.2) is 11.5 Å². The summed E-state index contributed by atoms with van der Waals surface area (Å²) in [6.45, 7) is 5.09. The smallest absolute Gasteiger partial charge is 0.408 e. The number of hydrogen-bond donors (Lipinski definition) is 1. The van der Waals surface area contributed by atoms with Crippen LogP contribution in [0, 0.1) is 10.1 Å². The maximum Gasteiger partial charge on any atom is 0.408 e. The number of carbonyl (C=O) groups excluding carboxylic acids is 1. The van der Waals surface area contributed by atoms with E-state index in [0.717, 1.165) is 0 Å². The molecule has 10 heteroatoms. The number of benzene rings is 1. The summed E-state index contributed by atoms with van der Waals surface area (Å²) in [4.78, 5) is 23.0. The number of amides is 1. The van der Waals surface area contributed by atoms with Gasteiger partial charge >= 0.3 is 9.45 Å². The normalized spacial score (nSPS) is 12.9. The number of carbonyl (C=O) groups is 1. The Morgan fingerprint density at radius 1 is 1.20 bits per heavy atom. The molecule has 1 amide bonds. The number of alkyl carbamates (subject to hydrolysis) is 1. The lowest BCUT2D eigenvalue weighted by Crippen LogP contribution is -2.44. The van der Waals surface area contributed by atoms with Crippen LogP contribution in [0.1, 0.15) is 32.4 Å². The summed E-state index contributed by atoms with van der Waals surface area (Å²) in [5, 5.41) is 14.0. The first-order valence-corrected chi connectivity index (χ1v) is 8.74. The molecule has 8 nitrogen and oxygen atoms in total. The number of hydrogen-bond acceptors (Lipinski definition) is 6. The van der Waals surface area contributed by atoms with Gasteiger partial charge in [-0.05, 0) is 38.5 Å². The van der Waals surface area contributed by atoms with Crippen molar-refractivity contribution < 1.29 is 23.9 Å². The molecule has 0 aromatic heterocycles. The van der Waals surface area contributed by atoms with Crippen molar-refractivity contribution >= 4 is 38.0 Å². The van der Waals surface area contributed by atoms with E-state index in [2.05, 4.69) is 37.2 Å². The van der Waals surface area contributed by atoms with Crippen molar-refractivity contribution in [3.8, 4) is 11.5 Å². The van der Waals surface area contributed by atoms with Gasteiger partial charge in [0.25, 0.3) is 0 Å². The van der Waals surface area contributed by atoms with Gasteiger partial charge in [-0.15, -0.1) is 0 Å². The zero-order chi connectivity index (χ0) is 19.4. The Labute approximate surface area is 162 Å². The van der Waals surface area contributed by atoms with E-state index in [1.807, 2.05) is 0 Å². The van der Waals surface area contributed by atoms with E-state index in [1.54, 1.807) is 39.0 Å². The topological polar surface area (TPSA) is 99.9 Å². The van der Waals surface area contributed by atoms with Crippen molar-refractivity contribution in [3.05, 3.63) is 33.9 Å². The number of ether oxygens (including phenoxy) is 3. The maximum atomic E-state index is 12.1. The Balaban J connectivity index is 3.28. The number of halogens is 2. The highest BCUT2D eigenvalue weighted by molar-refractivity contribution is 9.25. The summed E-state index contributed by atoms with van der Waals surface area (Å²) in [7, 11) is 2.92. The molecule has 1 aromatic rings. The van der Waals surface area contributed by atoms with Crippen LogP contribution in [0.25, 0.3) is 0 Å². The van der Waals surface area contributed by atoms with E-state index >= 15 is 0 Å². The Morgan fingerprint density at radius 3 is 2.20 bits per heavy atom. The van der Waals surface area contributed by atoms with Gasteiger partial charge in [0, 0.05) is 31.9 Å². The van der Waals surface area contributed by atoms with E-state index in [1.165, 1.54) is 14.2 Å². The molecule has 0 fully saturated rings. The molecular formula is C15H20Br2N2O6. The molecule has 0 aliphatic carbocycles. The average molecular weight is 484 g/mol. The Bertz CT molecular complexity index is 645. The van der Waals surface area contributed by atoms with Crippen LogP contribution >= 0.6 is 31.9 Å². The molecule has 0 aliphatic heterocycles. The van der Waals surface area contributed by atoms with Crippen LogP contribution in [-0.4, -0.2) is 34.2 Å². The van der Waals surface area contributed by atoms with Gasteiger partial charge in [-0.2, -0.15) is 0 Å². The number of nitro groups is 1. The maximum absolute atomic E-state index is 12.1. The first-order chi connectivity index (χ1) is 11.4. The second kappa shape index (κ2) is 8.22. The second-order valence-electron chi connectivity index (χ2n) is 6.04. The van der Waals surface area contributed by atoms with Crippen molar-refractivity contribution in [2.75, 3.05) is 14.2 Å². The van der Waals surface area contributed by atoms with Gasteiger partial charge in [-0.25, -0.2) is 4.79 Å². The van der Waals surface area contributed by atoms with E-state index in [0.29, 0.717) is 17.1 Å². The molecule has 0 bridgehead atoms. The highest BCUT2D eigenvalue weighted by Gasteiger charge is 2.48. The highest BCUT2D eigenvalue weighted by atomic mass is 79.9. The molecule has 0 heterocycles. The lowest BCUT2D eigenvalue weighted by molar-refractivity contribution is -0.509. The zero-order valence-corrected chi connectivity index (χ0v) is 17.6. The van der Waals surface area contributed by atoms with Crippen LogP contribution in [0.4, 0.5) is 4.79 Å². The lowest BCUT2D eigenvalue weighted by Gasteiger charge is -2.27. The van der Waals surface area contributed by atoms with Crippen molar-refractivity contribution in [2.24, 2.45) is 0 Å². The predicted octanol–water partition coefficient (Wildman–Crippen LogP) is 3.99. The fraction of sp³-hybridized carbons (Fsp3) is 0.533. The molecular weight excluding hydrogens is 464 g/mol. The largest absolute Gasteiger partial charge is 0.493 e. The van der Waals surface area contributed by atoms with Gasteiger partial charge in [-0.3, -0.25) is 10.1 Å². The highest BCUT2D eigenvalue weighted by Crippen LogP contribution is 2.42. The minimum atomic E-state index is -1.85. The fourth-order valence-corrected chi connectivity index (χ4v) is 2.69. The van der Waals surface area contributed by atoms with Gasteiger partial charge in [0.1, 0.15) is 11.6 Å². The molecule has 1 rings (SSSR count). The zero-order valence-electron chi connectivity index (χ0n) is 14.5. The van der Waals surface area contributed by atoms with Gasteiger partial charge in [0.2, 0.25) is 0 Å². The van der Waals surface area contributed by atoms with Crippen LogP contribution in [0.3, 0.4) is 0 Å². The van der Waals surface area contributed by atoms with Gasteiger partial charge in [0.05, 0.1) is 19.1 Å². The number of nitrogens with one attached hydrogen (secondary N) is 1. The third-order valence-electron chi connectivity index (χ3n) is 2.99. The summed E-state index contributed by atoms with van der Waals surface area (Å²) in [5.74, 6) is 0.827. The minimum Gasteiger partial charge on any atom is -0.493 e. The Hall–Kier alpha value is -1.55. The molecule has 140 valence electrons. The van der Waals surface area contributed by atoms with Crippen LogP contribution in [0.5, 0.6) is 11.5 Å². The summed E-state index contributed by atoms with van der Waals surface area (Å²) in [6.07, 6.45) is -0.794. The number of alkyl halides is 2. The van der Waals surface area contributed by atoms with Crippen LogP contribution in [0.15, 0.2) is 18.2 Å². The lowest BCUT2D eigenvalue weighted by atomic mass is 10.1. The molecule has 0 aliphatic rings. The summed E-state index contributed by atoms with van der Waals surface area (Å²) < 4.78 is 13.7. The molecule has 0 spiro atoms. The van der Waals surface area contributed by atoms with Crippen molar-refractivity contribution in [1.82, 2.24) is 5.32 Å². The monoisotopic (exact) mass is 482 g/mol. The Morgan fingerprint density at radius 2 is 1.76 bits per heavy atom.